The van der Waals surface area contributed by atoms with Gasteiger partial charge in [0.15, 0.2) is 0 Å². The number of anilines is 1. The van der Waals surface area contributed by atoms with Gasteiger partial charge in [-0.25, -0.2) is 0 Å². The van der Waals surface area contributed by atoms with Gasteiger partial charge in [0.2, 0.25) is 5.69 Å². The summed E-state index contributed by atoms with van der Waals surface area (Å²) in [5.41, 5.74) is 1.39. The Hall–Kier alpha value is -2.73. The number of aromatic nitrogens is 2. The molecule has 0 aromatic carbocycles. The van der Waals surface area contributed by atoms with Crippen molar-refractivity contribution >= 4 is 27.9 Å². The maximum Gasteiger partial charge on any atom is 0.322 e. The minimum absolute atomic E-state index is 0.120. The SMILES string of the molecule is Cc1nn(C)c(C(=O)Nc2sc3c(c2C#N)CC[C@@H](C(C)(C)C)C3)c1[N+](=O)[O-]. The number of nitriles is 1. The van der Waals surface area contributed by atoms with E-state index in [4.69, 9.17) is 0 Å². The summed E-state index contributed by atoms with van der Waals surface area (Å²) in [7, 11) is 1.49. The zero-order valence-electron chi connectivity index (χ0n) is 16.6. The molecule has 0 unspecified atom stereocenters. The summed E-state index contributed by atoms with van der Waals surface area (Å²) in [5, 5.41) is 28.2. The normalized spacial score (nSPS) is 16.4. The molecule has 8 nitrogen and oxygen atoms in total. The molecule has 0 fully saturated rings. The van der Waals surface area contributed by atoms with E-state index in [1.807, 2.05) is 0 Å². The summed E-state index contributed by atoms with van der Waals surface area (Å²) < 4.78 is 1.21. The first-order chi connectivity index (χ1) is 13.0. The van der Waals surface area contributed by atoms with E-state index in [0.717, 1.165) is 29.7 Å². The second-order valence-corrected chi connectivity index (χ2v) is 9.35. The van der Waals surface area contributed by atoms with Crippen molar-refractivity contribution in [1.82, 2.24) is 9.78 Å². The smallest absolute Gasteiger partial charge is 0.311 e. The van der Waals surface area contributed by atoms with Crippen molar-refractivity contribution in [1.29, 1.82) is 5.26 Å². The summed E-state index contributed by atoms with van der Waals surface area (Å²) in [6, 6.07) is 2.21. The molecule has 1 N–H and O–H groups in total. The number of hydrogen-bond donors (Lipinski definition) is 1. The largest absolute Gasteiger partial charge is 0.322 e. The molecule has 1 atom stereocenters. The summed E-state index contributed by atoms with van der Waals surface area (Å²) in [6.45, 7) is 8.14. The van der Waals surface area contributed by atoms with E-state index in [2.05, 4.69) is 37.3 Å². The number of aryl methyl sites for hydroxylation is 2. The van der Waals surface area contributed by atoms with Gasteiger partial charge in [-0.15, -0.1) is 11.3 Å². The number of nitrogens with zero attached hydrogens (tertiary/aromatic N) is 4. The first kappa shape index (κ1) is 20.0. The molecule has 1 aliphatic rings. The van der Waals surface area contributed by atoms with Gasteiger partial charge in [-0.1, -0.05) is 20.8 Å². The van der Waals surface area contributed by atoms with E-state index in [9.17, 15) is 20.2 Å². The average molecular weight is 401 g/mol. The second kappa shape index (κ2) is 7.02. The molecule has 148 valence electrons. The van der Waals surface area contributed by atoms with Crippen LogP contribution < -0.4 is 5.32 Å². The fourth-order valence-corrected chi connectivity index (χ4v) is 5.09. The fourth-order valence-electron chi connectivity index (χ4n) is 3.81. The van der Waals surface area contributed by atoms with Crippen LogP contribution >= 0.6 is 11.3 Å². The third-order valence-electron chi connectivity index (χ3n) is 5.42. The number of hydrogen-bond acceptors (Lipinski definition) is 6. The zero-order chi connectivity index (χ0) is 20.8. The average Bonchev–Trinajstić information content (AvgIpc) is 3.08. The third kappa shape index (κ3) is 3.40. The van der Waals surface area contributed by atoms with Crippen molar-refractivity contribution in [3.8, 4) is 6.07 Å². The zero-order valence-corrected chi connectivity index (χ0v) is 17.4. The standard InChI is InChI=1S/C19H23N5O3S/c1-10-15(24(26)27)16(23(5)22-10)17(25)21-18-13(9-20)12-7-6-11(19(2,3)4)8-14(12)28-18/h11H,6-8H2,1-5H3,(H,21,25)/t11-/m1/s1. The Morgan fingerprint density at radius 1 is 1.46 bits per heavy atom. The van der Waals surface area contributed by atoms with Crippen LogP contribution in [-0.2, 0) is 19.9 Å². The van der Waals surface area contributed by atoms with Crippen molar-refractivity contribution in [3.05, 3.63) is 37.5 Å². The molecule has 0 spiro atoms. The fraction of sp³-hybridized carbons (Fsp3) is 0.526. The van der Waals surface area contributed by atoms with Gasteiger partial charge in [0.1, 0.15) is 16.8 Å². The molecule has 0 radical (unpaired) electrons. The minimum atomic E-state index is -0.628. The Kier molecular flexibility index (Phi) is 5.02. The number of carbonyl (C=O) groups excluding carboxylic acids is 1. The molecule has 9 heteroatoms. The Morgan fingerprint density at radius 3 is 2.71 bits per heavy atom. The number of rotatable bonds is 3. The van der Waals surface area contributed by atoms with Gasteiger partial charge in [-0.3, -0.25) is 19.6 Å². The van der Waals surface area contributed by atoms with Gasteiger partial charge in [0.05, 0.1) is 10.5 Å². The summed E-state index contributed by atoms with van der Waals surface area (Å²) >= 11 is 1.40. The van der Waals surface area contributed by atoms with Crippen molar-refractivity contribution in [2.24, 2.45) is 18.4 Å². The highest BCUT2D eigenvalue weighted by molar-refractivity contribution is 7.16. The predicted octanol–water partition coefficient (Wildman–Crippen LogP) is 3.97. The number of nitrogens with one attached hydrogen (secondary N) is 1. The molecular weight excluding hydrogens is 378 g/mol. The van der Waals surface area contributed by atoms with Crippen LogP contribution in [0.2, 0.25) is 0 Å². The van der Waals surface area contributed by atoms with Gasteiger partial charge < -0.3 is 5.32 Å². The monoisotopic (exact) mass is 401 g/mol. The van der Waals surface area contributed by atoms with Gasteiger partial charge >= 0.3 is 5.69 Å². The predicted molar refractivity (Wildman–Crippen MR) is 107 cm³/mol. The maximum atomic E-state index is 12.8. The van der Waals surface area contributed by atoms with Gasteiger partial charge in [-0.2, -0.15) is 10.4 Å². The number of carbonyl (C=O) groups is 1. The molecule has 1 amide bonds. The third-order valence-corrected chi connectivity index (χ3v) is 6.59. The van der Waals surface area contributed by atoms with E-state index < -0.39 is 10.8 Å². The van der Waals surface area contributed by atoms with Gasteiger partial charge in [-0.05, 0) is 43.1 Å². The Bertz CT molecular complexity index is 1010. The quantitative estimate of drug-likeness (QED) is 0.617. The van der Waals surface area contributed by atoms with Crippen LogP contribution in [0.5, 0.6) is 0 Å². The Balaban J connectivity index is 1.95. The highest BCUT2D eigenvalue weighted by Gasteiger charge is 2.34. The lowest BCUT2D eigenvalue weighted by atomic mass is 9.72. The topological polar surface area (TPSA) is 114 Å². The minimum Gasteiger partial charge on any atom is -0.311 e. The number of amides is 1. The summed E-state index contributed by atoms with van der Waals surface area (Å²) in [6.07, 6.45) is 2.68. The molecule has 2 aromatic rings. The van der Waals surface area contributed by atoms with Gasteiger partial charge in [0, 0.05) is 11.9 Å². The highest BCUT2D eigenvalue weighted by atomic mass is 32.1. The van der Waals surface area contributed by atoms with Crippen LogP contribution in [0.15, 0.2) is 0 Å². The van der Waals surface area contributed by atoms with Crippen LogP contribution in [-0.4, -0.2) is 20.6 Å². The molecule has 28 heavy (non-hydrogen) atoms. The molecule has 0 saturated heterocycles. The summed E-state index contributed by atoms with van der Waals surface area (Å²) in [5.74, 6) is -0.119. The van der Waals surface area contributed by atoms with Crippen LogP contribution in [0.3, 0.4) is 0 Å². The number of thiophene rings is 1. The van der Waals surface area contributed by atoms with Crippen molar-refractivity contribution in [2.75, 3.05) is 5.32 Å². The summed E-state index contributed by atoms with van der Waals surface area (Å²) in [4.78, 5) is 24.7. The van der Waals surface area contributed by atoms with Crippen LogP contribution in [0.25, 0.3) is 0 Å². The molecule has 0 bridgehead atoms. The molecule has 2 aromatic heterocycles. The Labute approximate surface area is 167 Å². The first-order valence-electron chi connectivity index (χ1n) is 9.08. The van der Waals surface area contributed by atoms with Crippen molar-refractivity contribution in [3.63, 3.8) is 0 Å². The number of fused-ring (bicyclic) bond motifs is 1. The van der Waals surface area contributed by atoms with Crippen molar-refractivity contribution < 1.29 is 9.72 Å². The van der Waals surface area contributed by atoms with E-state index >= 15 is 0 Å². The van der Waals surface area contributed by atoms with E-state index in [-0.39, 0.29) is 22.5 Å². The van der Waals surface area contributed by atoms with E-state index in [1.165, 1.54) is 30.0 Å². The Morgan fingerprint density at radius 2 is 2.14 bits per heavy atom. The lowest BCUT2D eigenvalue weighted by Crippen LogP contribution is -2.26. The van der Waals surface area contributed by atoms with Gasteiger partial charge in [0.25, 0.3) is 5.91 Å². The first-order valence-corrected chi connectivity index (χ1v) is 9.90. The second-order valence-electron chi connectivity index (χ2n) is 8.24. The molecule has 3 rings (SSSR count). The molecule has 1 aliphatic carbocycles. The molecule has 2 heterocycles. The van der Waals surface area contributed by atoms with E-state index in [0.29, 0.717) is 16.5 Å². The highest BCUT2D eigenvalue weighted by Crippen LogP contribution is 2.44. The molecule has 0 aliphatic heterocycles. The maximum absolute atomic E-state index is 12.8. The van der Waals surface area contributed by atoms with Crippen LogP contribution in [0.1, 0.15) is 59.4 Å². The van der Waals surface area contributed by atoms with Crippen LogP contribution in [0, 0.1) is 39.7 Å². The molecular formula is C19H23N5O3S. The van der Waals surface area contributed by atoms with E-state index in [1.54, 1.807) is 0 Å². The lowest BCUT2D eigenvalue weighted by molar-refractivity contribution is -0.385. The molecule has 0 saturated carbocycles. The lowest BCUT2D eigenvalue weighted by Gasteiger charge is -2.33. The van der Waals surface area contributed by atoms with Crippen molar-refractivity contribution in [2.45, 2.75) is 47.0 Å². The van der Waals surface area contributed by atoms with Crippen LogP contribution in [0.4, 0.5) is 10.7 Å². The number of nitro groups is 1.